The quantitative estimate of drug-likeness (QED) is 0.771. The second-order valence-electron chi connectivity index (χ2n) is 6.24. The summed E-state index contributed by atoms with van der Waals surface area (Å²) in [4.78, 5) is 12.3. The molecule has 0 unspecified atom stereocenters. The van der Waals surface area contributed by atoms with E-state index < -0.39 is 0 Å². The fraction of sp³-hybridized carbons (Fsp3) is 0.500. The van der Waals surface area contributed by atoms with Gasteiger partial charge in [0.25, 0.3) is 5.91 Å². The van der Waals surface area contributed by atoms with Gasteiger partial charge in [0.2, 0.25) is 0 Å². The number of nitrogens with one attached hydrogen (secondary N) is 2. The Bertz CT molecular complexity index is 700. The van der Waals surface area contributed by atoms with E-state index in [1.807, 2.05) is 28.9 Å². The molecule has 7 nitrogen and oxygen atoms in total. The van der Waals surface area contributed by atoms with Gasteiger partial charge in [0.15, 0.2) is 5.69 Å². The van der Waals surface area contributed by atoms with E-state index in [1.165, 1.54) is 0 Å². The third-order valence-corrected chi connectivity index (χ3v) is 4.25. The maximum absolute atomic E-state index is 12.3. The molecule has 142 valence electrons. The van der Waals surface area contributed by atoms with E-state index in [2.05, 4.69) is 27.9 Å². The summed E-state index contributed by atoms with van der Waals surface area (Å²) in [5.41, 5.74) is 1.35. The number of aromatic nitrogens is 3. The lowest BCUT2D eigenvalue weighted by molar-refractivity contribution is 0.0945. The van der Waals surface area contributed by atoms with Crippen LogP contribution < -0.4 is 15.4 Å². The van der Waals surface area contributed by atoms with E-state index in [4.69, 9.17) is 4.74 Å². The van der Waals surface area contributed by atoms with E-state index in [0.717, 1.165) is 43.7 Å². The number of rotatable bonds is 7. The summed E-state index contributed by atoms with van der Waals surface area (Å²) in [5.74, 6) is 0.616. The lowest BCUT2D eigenvalue weighted by Gasteiger charge is -2.22. The molecule has 26 heavy (non-hydrogen) atoms. The molecule has 0 aliphatic carbocycles. The van der Waals surface area contributed by atoms with Crippen molar-refractivity contribution < 1.29 is 9.53 Å². The van der Waals surface area contributed by atoms with Crippen LogP contribution in [-0.4, -0.2) is 40.6 Å². The molecule has 3 rings (SSSR count). The van der Waals surface area contributed by atoms with Gasteiger partial charge in [0.05, 0.1) is 18.8 Å². The molecule has 8 heteroatoms. The minimum Gasteiger partial charge on any atom is -0.494 e. The zero-order valence-electron chi connectivity index (χ0n) is 15.0. The number of hydrogen-bond donors (Lipinski definition) is 2. The molecule has 1 aromatic carbocycles. The number of nitrogens with zero attached hydrogens (tertiary/aromatic N) is 3. The van der Waals surface area contributed by atoms with Crippen LogP contribution >= 0.6 is 12.4 Å². The van der Waals surface area contributed by atoms with Crippen LogP contribution in [0.15, 0.2) is 30.5 Å². The second kappa shape index (κ2) is 10.1. The lowest BCUT2D eigenvalue weighted by atomic mass is 10.1. The van der Waals surface area contributed by atoms with Crippen LogP contribution in [0.25, 0.3) is 0 Å². The van der Waals surface area contributed by atoms with Gasteiger partial charge < -0.3 is 15.4 Å². The Hall–Kier alpha value is -2.12. The van der Waals surface area contributed by atoms with Crippen molar-refractivity contribution in [1.29, 1.82) is 0 Å². The van der Waals surface area contributed by atoms with Gasteiger partial charge in [-0.3, -0.25) is 4.79 Å². The summed E-state index contributed by atoms with van der Waals surface area (Å²) in [5, 5.41) is 14.4. The molecule has 1 amide bonds. The summed E-state index contributed by atoms with van der Waals surface area (Å²) in [6.45, 7) is 5.14. The number of piperidine rings is 1. The molecule has 0 bridgehead atoms. The SMILES string of the molecule is CCCOc1cccc(CNC(=O)c2cn(C3CCNCC3)nn2)c1.Cl. The third-order valence-electron chi connectivity index (χ3n) is 4.25. The van der Waals surface area contributed by atoms with Crippen LogP contribution in [0.3, 0.4) is 0 Å². The first-order valence-electron chi connectivity index (χ1n) is 8.88. The molecule has 1 aromatic heterocycles. The largest absolute Gasteiger partial charge is 0.494 e. The molecule has 0 spiro atoms. The average molecular weight is 380 g/mol. The number of hydrogen-bond acceptors (Lipinski definition) is 5. The highest BCUT2D eigenvalue weighted by atomic mass is 35.5. The maximum atomic E-state index is 12.3. The summed E-state index contributed by atoms with van der Waals surface area (Å²) < 4.78 is 7.43. The van der Waals surface area contributed by atoms with Gasteiger partial charge in [-0.15, -0.1) is 17.5 Å². The van der Waals surface area contributed by atoms with E-state index >= 15 is 0 Å². The van der Waals surface area contributed by atoms with Crippen LogP contribution in [0.4, 0.5) is 0 Å². The Balaban J connectivity index is 0.00000243. The van der Waals surface area contributed by atoms with Gasteiger partial charge in [0.1, 0.15) is 5.75 Å². The zero-order chi connectivity index (χ0) is 17.5. The van der Waals surface area contributed by atoms with Crippen molar-refractivity contribution in [2.45, 2.75) is 38.8 Å². The van der Waals surface area contributed by atoms with E-state index in [-0.39, 0.29) is 18.3 Å². The van der Waals surface area contributed by atoms with Crippen molar-refractivity contribution >= 4 is 18.3 Å². The fourth-order valence-corrected chi connectivity index (χ4v) is 2.87. The lowest BCUT2D eigenvalue weighted by Crippen LogP contribution is -2.29. The van der Waals surface area contributed by atoms with E-state index in [9.17, 15) is 4.79 Å². The molecule has 0 atom stereocenters. The van der Waals surface area contributed by atoms with Crippen molar-refractivity contribution in [3.63, 3.8) is 0 Å². The van der Waals surface area contributed by atoms with Crippen molar-refractivity contribution in [2.24, 2.45) is 0 Å². The second-order valence-corrected chi connectivity index (χ2v) is 6.24. The zero-order valence-corrected chi connectivity index (χ0v) is 15.8. The molecule has 0 radical (unpaired) electrons. The summed E-state index contributed by atoms with van der Waals surface area (Å²) in [6.07, 6.45) is 4.73. The molecular formula is C18H26ClN5O2. The van der Waals surface area contributed by atoms with Crippen LogP contribution in [0.2, 0.25) is 0 Å². The topological polar surface area (TPSA) is 81.1 Å². The average Bonchev–Trinajstić information content (AvgIpc) is 3.16. The monoisotopic (exact) mass is 379 g/mol. The molecule has 2 heterocycles. The van der Waals surface area contributed by atoms with Crippen LogP contribution in [-0.2, 0) is 6.54 Å². The van der Waals surface area contributed by atoms with Gasteiger partial charge in [-0.05, 0) is 50.0 Å². The number of benzene rings is 1. The van der Waals surface area contributed by atoms with Crippen molar-refractivity contribution in [3.05, 3.63) is 41.7 Å². The highest BCUT2D eigenvalue weighted by molar-refractivity contribution is 5.91. The molecule has 1 aliphatic heterocycles. The number of carbonyl (C=O) groups excluding carboxylic acids is 1. The standard InChI is InChI=1S/C18H25N5O2.ClH/c1-2-10-25-16-5-3-4-14(11-16)12-20-18(24)17-13-23(22-21-17)15-6-8-19-9-7-15;/h3-5,11,13,15,19H,2,6-10,12H2,1H3,(H,20,24);1H. The third kappa shape index (κ3) is 5.44. The van der Waals surface area contributed by atoms with E-state index in [1.54, 1.807) is 6.20 Å². The van der Waals surface area contributed by atoms with Crippen molar-refractivity contribution in [3.8, 4) is 5.75 Å². The summed E-state index contributed by atoms with van der Waals surface area (Å²) >= 11 is 0. The first-order chi connectivity index (χ1) is 12.3. The summed E-state index contributed by atoms with van der Waals surface area (Å²) in [6, 6.07) is 8.08. The smallest absolute Gasteiger partial charge is 0.273 e. The molecule has 1 saturated heterocycles. The molecular weight excluding hydrogens is 354 g/mol. The van der Waals surface area contributed by atoms with Gasteiger partial charge in [-0.1, -0.05) is 24.3 Å². The molecule has 1 fully saturated rings. The molecule has 2 aromatic rings. The van der Waals surface area contributed by atoms with Crippen molar-refractivity contribution in [2.75, 3.05) is 19.7 Å². The van der Waals surface area contributed by atoms with Crippen molar-refractivity contribution in [1.82, 2.24) is 25.6 Å². The van der Waals surface area contributed by atoms with Gasteiger partial charge in [0, 0.05) is 6.54 Å². The first kappa shape index (κ1) is 20.2. The Morgan fingerprint density at radius 3 is 2.96 bits per heavy atom. The number of amides is 1. The van der Waals surface area contributed by atoms with Gasteiger partial charge >= 0.3 is 0 Å². The predicted octanol–water partition coefficient (Wildman–Crippen LogP) is 2.34. The molecule has 2 N–H and O–H groups in total. The number of halogens is 1. The number of ether oxygens (including phenoxy) is 1. The summed E-state index contributed by atoms with van der Waals surface area (Å²) in [7, 11) is 0. The highest BCUT2D eigenvalue weighted by Crippen LogP contribution is 2.17. The molecule has 0 saturated carbocycles. The highest BCUT2D eigenvalue weighted by Gasteiger charge is 2.18. The van der Waals surface area contributed by atoms with Gasteiger partial charge in [-0.25, -0.2) is 4.68 Å². The Kier molecular flexibility index (Phi) is 7.87. The van der Waals surface area contributed by atoms with Gasteiger partial charge in [-0.2, -0.15) is 0 Å². The van der Waals surface area contributed by atoms with Crippen LogP contribution in [0, 0.1) is 0 Å². The minimum absolute atomic E-state index is 0. The first-order valence-corrected chi connectivity index (χ1v) is 8.88. The molecule has 1 aliphatic rings. The predicted molar refractivity (Wildman–Crippen MR) is 102 cm³/mol. The number of carbonyl (C=O) groups is 1. The Morgan fingerprint density at radius 2 is 2.19 bits per heavy atom. The maximum Gasteiger partial charge on any atom is 0.273 e. The fourth-order valence-electron chi connectivity index (χ4n) is 2.87. The Labute approximate surface area is 159 Å². The van der Waals surface area contributed by atoms with Crippen LogP contribution in [0.5, 0.6) is 5.75 Å². The van der Waals surface area contributed by atoms with Crippen LogP contribution in [0.1, 0.15) is 48.3 Å². The minimum atomic E-state index is -0.208. The normalized spacial score (nSPS) is 14.5. The van der Waals surface area contributed by atoms with E-state index in [0.29, 0.717) is 24.9 Å². The Morgan fingerprint density at radius 1 is 1.38 bits per heavy atom.